The monoisotopic (exact) mass is 391 g/mol. The average molecular weight is 391 g/mol. The number of nitrogens with zero attached hydrogens (tertiary/aromatic N) is 2. The summed E-state index contributed by atoms with van der Waals surface area (Å²) in [5.74, 6) is -0.289. The van der Waals surface area contributed by atoms with E-state index >= 15 is 0 Å². The van der Waals surface area contributed by atoms with E-state index in [0.29, 0.717) is 32.5 Å². The van der Waals surface area contributed by atoms with Crippen molar-refractivity contribution in [3.8, 4) is 0 Å². The van der Waals surface area contributed by atoms with E-state index in [9.17, 15) is 14.0 Å². The van der Waals surface area contributed by atoms with Gasteiger partial charge in [0.25, 0.3) is 0 Å². The van der Waals surface area contributed by atoms with Crippen molar-refractivity contribution in [2.45, 2.75) is 70.7 Å². The fraction of sp³-hybridized carbons (Fsp3) is 0.619. The summed E-state index contributed by atoms with van der Waals surface area (Å²) < 4.78 is 18.9. The number of amides is 3. The lowest BCUT2D eigenvalue weighted by Gasteiger charge is -2.34. The Morgan fingerprint density at radius 1 is 1.21 bits per heavy atom. The van der Waals surface area contributed by atoms with E-state index in [2.05, 4.69) is 5.32 Å². The Balaban J connectivity index is 1.50. The van der Waals surface area contributed by atoms with Crippen molar-refractivity contribution in [2.24, 2.45) is 0 Å². The second-order valence-corrected chi connectivity index (χ2v) is 8.68. The molecule has 1 aliphatic carbocycles. The molecule has 3 amide bonds. The first-order valence-electron chi connectivity index (χ1n) is 10.0. The van der Waals surface area contributed by atoms with Crippen molar-refractivity contribution in [2.75, 3.05) is 13.1 Å². The molecule has 154 valence electrons. The van der Waals surface area contributed by atoms with Crippen molar-refractivity contribution in [1.29, 1.82) is 0 Å². The predicted octanol–water partition coefficient (Wildman–Crippen LogP) is 3.90. The van der Waals surface area contributed by atoms with Crippen LogP contribution in [0.1, 0.15) is 52.0 Å². The van der Waals surface area contributed by atoms with Gasteiger partial charge in [0.2, 0.25) is 0 Å². The van der Waals surface area contributed by atoms with Crippen LogP contribution in [0, 0.1) is 5.82 Å². The molecule has 1 N–H and O–H groups in total. The highest BCUT2D eigenvalue weighted by molar-refractivity contribution is 5.75. The lowest BCUT2D eigenvalue weighted by atomic mass is 10.1. The minimum absolute atomic E-state index is 0.0277. The first-order valence-corrected chi connectivity index (χ1v) is 10.0. The molecule has 1 aromatic carbocycles. The summed E-state index contributed by atoms with van der Waals surface area (Å²) in [6.45, 7) is 7.08. The Kier molecular flexibility index (Phi) is 6.10. The van der Waals surface area contributed by atoms with Gasteiger partial charge in [-0.05, 0) is 64.2 Å². The number of hydrogen-bond donors (Lipinski definition) is 1. The summed E-state index contributed by atoms with van der Waals surface area (Å²) >= 11 is 0. The Morgan fingerprint density at radius 2 is 1.89 bits per heavy atom. The third-order valence-electron chi connectivity index (χ3n) is 4.96. The number of nitrogens with one attached hydrogen (secondary N) is 1. The van der Waals surface area contributed by atoms with Crippen LogP contribution in [0.2, 0.25) is 0 Å². The van der Waals surface area contributed by atoms with Gasteiger partial charge < -0.3 is 19.9 Å². The van der Waals surface area contributed by atoms with Gasteiger partial charge in [0, 0.05) is 31.7 Å². The van der Waals surface area contributed by atoms with Crippen molar-refractivity contribution < 1.29 is 18.7 Å². The van der Waals surface area contributed by atoms with Gasteiger partial charge >= 0.3 is 12.1 Å². The molecule has 0 radical (unpaired) electrons. The third-order valence-corrected chi connectivity index (χ3v) is 4.96. The average Bonchev–Trinajstić information content (AvgIpc) is 3.43. The van der Waals surface area contributed by atoms with Gasteiger partial charge in [-0.15, -0.1) is 0 Å². The van der Waals surface area contributed by atoms with Crippen LogP contribution in [0.25, 0.3) is 0 Å². The molecule has 6 nitrogen and oxygen atoms in total. The number of ether oxygens (including phenoxy) is 1. The van der Waals surface area contributed by atoms with Gasteiger partial charge in [0.05, 0.1) is 0 Å². The Hall–Kier alpha value is -2.31. The highest BCUT2D eigenvalue weighted by Crippen LogP contribution is 2.29. The molecule has 1 aromatic rings. The van der Waals surface area contributed by atoms with E-state index in [4.69, 9.17) is 4.74 Å². The highest BCUT2D eigenvalue weighted by Gasteiger charge is 2.34. The van der Waals surface area contributed by atoms with Gasteiger partial charge in [0.15, 0.2) is 0 Å². The number of halogens is 1. The zero-order valence-corrected chi connectivity index (χ0v) is 16.9. The highest BCUT2D eigenvalue weighted by atomic mass is 19.1. The van der Waals surface area contributed by atoms with E-state index in [1.54, 1.807) is 15.9 Å². The number of carbonyl (C=O) groups excluding carboxylic acids is 2. The molecule has 0 atom stereocenters. The number of piperidine rings is 1. The molecule has 2 aliphatic rings. The van der Waals surface area contributed by atoms with Crippen molar-refractivity contribution in [3.63, 3.8) is 0 Å². The molecule has 28 heavy (non-hydrogen) atoms. The number of rotatable bonds is 4. The molecular weight excluding hydrogens is 361 g/mol. The molecule has 7 heteroatoms. The summed E-state index contributed by atoms with van der Waals surface area (Å²) in [5.41, 5.74) is 0.283. The number of likely N-dealkylation sites (tertiary alicyclic amines) is 1. The summed E-state index contributed by atoms with van der Waals surface area (Å²) in [7, 11) is 0. The van der Waals surface area contributed by atoms with Gasteiger partial charge in [-0.25, -0.2) is 14.0 Å². The predicted molar refractivity (Wildman–Crippen MR) is 104 cm³/mol. The van der Waals surface area contributed by atoms with Crippen LogP contribution in [0.4, 0.5) is 14.0 Å². The lowest BCUT2D eigenvalue weighted by molar-refractivity contribution is 0.0200. The largest absolute Gasteiger partial charge is 0.444 e. The smallest absolute Gasteiger partial charge is 0.410 e. The molecule has 1 saturated heterocycles. The van der Waals surface area contributed by atoms with Gasteiger partial charge in [-0.3, -0.25) is 0 Å². The van der Waals surface area contributed by atoms with Crippen molar-refractivity contribution in [1.82, 2.24) is 15.1 Å². The summed E-state index contributed by atoms with van der Waals surface area (Å²) in [5, 5.41) is 3.10. The van der Waals surface area contributed by atoms with Crippen LogP contribution >= 0.6 is 0 Å². The number of carbonyl (C=O) groups is 2. The minimum atomic E-state index is -0.510. The molecule has 0 bridgehead atoms. The molecule has 0 unspecified atom stereocenters. The van der Waals surface area contributed by atoms with E-state index in [1.807, 2.05) is 26.8 Å². The SMILES string of the molecule is CC(C)(C)OC(=O)N1CCC(NC(=O)N(Cc2cccc(F)c2)C2CC2)CC1. The second-order valence-electron chi connectivity index (χ2n) is 8.68. The summed E-state index contributed by atoms with van der Waals surface area (Å²) in [6, 6.07) is 6.53. The normalized spacial score (nSPS) is 17.9. The number of benzene rings is 1. The van der Waals surface area contributed by atoms with E-state index in [0.717, 1.165) is 18.4 Å². The molecule has 1 aliphatic heterocycles. The van der Waals surface area contributed by atoms with E-state index < -0.39 is 5.60 Å². The number of hydrogen-bond acceptors (Lipinski definition) is 3. The molecule has 2 fully saturated rings. The standard InChI is InChI=1S/C21H30FN3O3/c1-21(2,3)28-20(27)24-11-9-17(10-12-24)23-19(26)25(18-7-8-18)14-15-5-4-6-16(22)13-15/h4-6,13,17-18H,7-12,14H2,1-3H3,(H,23,26). The maximum absolute atomic E-state index is 13.5. The Labute approximate surface area is 166 Å². The van der Waals surface area contributed by atoms with Crippen LogP contribution in [0.5, 0.6) is 0 Å². The first kappa shape index (κ1) is 20.4. The molecule has 0 aromatic heterocycles. The topological polar surface area (TPSA) is 61.9 Å². The summed E-state index contributed by atoms with van der Waals surface area (Å²) in [6.07, 6.45) is 3.06. The third kappa shape index (κ3) is 5.84. The maximum Gasteiger partial charge on any atom is 0.410 e. The number of urea groups is 1. The molecule has 0 spiro atoms. The van der Waals surface area contributed by atoms with Crippen LogP contribution < -0.4 is 5.32 Å². The van der Waals surface area contributed by atoms with Crippen LogP contribution in [0.3, 0.4) is 0 Å². The maximum atomic E-state index is 13.5. The second kappa shape index (κ2) is 8.37. The zero-order valence-electron chi connectivity index (χ0n) is 16.9. The molecular formula is C21H30FN3O3. The zero-order chi connectivity index (χ0) is 20.3. The molecule has 1 heterocycles. The lowest BCUT2D eigenvalue weighted by Crippen LogP contribution is -2.51. The van der Waals surface area contributed by atoms with Crippen molar-refractivity contribution >= 4 is 12.1 Å². The van der Waals surface area contributed by atoms with Crippen LogP contribution in [0.15, 0.2) is 24.3 Å². The van der Waals surface area contributed by atoms with Gasteiger partial charge in [-0.1, -0.05) is 12.1 Å². The van der Waals surface area contributed by atoms with Gasteiger partial charge in [0.1, 0.15) is 11.4 Å². The van der Waals surface area contributed by atoms with E-state index in [-0.39, 0.29) is 30.0 Å². The fourth-order valence-corrected chi connectivity index (χ4v) is 3.38. The van der Waals surface area contributed by atoms with E-state index in [1.165, 1.54) is 12.1 Å². The first-order chi connectivity index (χ1) is 13.2. The molecule has 1 saturated carbocycles. The summed E-state index contributed by atoms with van der Waals surface area (Å²) in [4.78, 5) is 28.5. The Morgan fingerprint density at radius 3 is 2.46 bits per heavy atom. The minimum Gasteiger partial charge on any atom is -0.444 e. The molecule has 3 rings (SSSR count). The fourth-order valence-electron chi connectivity index (χ4n) is 3.38. The quantitative estimate of drug-likeness (QED) is 0.847. The van der Waals surface area contributed by atoms with Gasteiger partial charge in [-0.2, -0.15) is 0 Å². The van der Waals surface area contributed by atoms with Crippen LogP contribution in [-0.4, -0.2) is 52.7 Å². The van der Waals surface area contributed by atoms with Crippen molar-refractivity contribution in [3.05, 3.63) is 35.6 Å². The van der Waals surface area contributed by atoms with Crippen LogP contribution in [-0.2, 0) is 11.3 Å². The Bertz CT molecular complexity index is 707.